The lowest BCUT2D eigenvalue weighted by molar-refractivity contribution is -0.144. The van der Waals surface area contributed by atoms with Gasteiger partial charge in [-0.3, -0.25) is 9.69 Å². The third kappa shape index (κ3) is 3.93. The van der Waals surface area contributed by atoms with Crippen LogP contribution in [0, 0.1) is 11.3 Å². The van der Waals surface area contributed by atoms with E-state index in [1.807, 2.05) is 17.0 Å². The summed E-state index contributed by atoms with van der Waals surface area (Å²) < 4.78 is 0. The van der Waals surface area contributed by atoms with E-state index in [-0.39, 0.29) is 12.4 Å². The van der Waals surface area contributed by atoms with Gasteiger partial charge in [0.2, 0.25) is 0 Å². The summed E-state index contributed by atoms with van der Waals surface area (Å²) >= 11 is 0. The molecule has 19 heavy (non-hydrogen) atoms. The minimum atomic E-state index is -0.796. The van der Waals surface area contributed by atoms with Crippen molar-refractivity contribution < 1.29 is 9.90 Å². The highest BCUT2D eigenvalue weighted by molar-refractivity contribution is 5.85. The Labute approximate surface area is 118 Å². The molecule has 0 saturated carbocycles. The molecule has 2 N–H and O–H groups in total. The van der Waals surface area contributed by atoms with Crippen LogP contribution in [0.15, 0.2) is 24.3 Å². The van der Waals surface area contributed by atoms with Gasteiger partial charge in [0.25, 0.3) is 0 Å². The van der Waals surface area contributed by atoms with E-state index in [2.05, 4.69) is 11.4 Å². The third-order valence-corrected chi connectivity index (χ3v) is 3.11. The van der Waals surface area contributed by atoms with Crippen molar-refractivity contribution in [1.29, 1.82) is 5.26 Å². The van der Waals surface area contributed by atoms with Crippen molar-refractivity contribution in [2.45, 2.75) is 12.6 Å². The van der Waals surface area contributed by atoms with Crippen molar-refractivity contribution in [3.05, 3.63) is 35.4 Å². The molecule has 0 spiro atoms. The number of nitrogens with one attached hydrogen (secondary N) is 1. The fourth-order valence-electron chi connectivity index (χ4n) is 2.10. The number of carboxylic acids is 1. The van der Waals surface area contributed by atoms with Crippen molar-refractivity contribution >= 4 is 18.4 Å². The summed E-state index contributed by atoms with van der Waals surface area (Å²) in [5, 5.41) is 20.9. The maximum absolute atomic E-state index is 11.1. The zero-order valence-electron chi connectivity index (χ0n) is 10.4. The molecule has 1 aliphatic rings. The highest BCUT2D eigenvalue weighted by atomic mass is 35.5. The van der Waals surface area contributed by atoms with Gasteiger partial charge in [0.1, 0.15) is 6.04 Å². The van der Waals surface area contributed by atoms with E-state index in [1.165, 1.54) is 0 Å². The van der Waals surface area contributed by atoms with Gasteiger partial charge in [-0.05, 0) is 17.7 Å². The Morgan fingerprint density at radius 2 is 2.16 bits per heavy atom. The SMILES string of the molecule is Cl.N#Cc1ccc(CN2CCNCC2C(=O)O)cc1. The molecule has 1 unspecified atom stereocenters. The number of halogens is 1. The fraction of sp³-hybridized carbons (Fsp3) is 0.385. The number of carboxylic acid groups (broad SMARTS) is 1. The zero-order valence-corrected chi connectivity index (χ0v) is 11.2. The van der Waals surface area contributed by atoms with Crippen molar-refractivity contribution in [2.24, 2.45) is 0 Å². The molecule has 6 heteroatoms. The number of piperazine rings is 1. The summed E-state index contributed by atoms with van der Waals surface area (Å²) in [6.45, 7) is 2.60. The Morgan fingerprint density at radius 3 is 2.74 bits per heavy atom. The fourth-order valence-corrected chi connectivity index (χ4v) is 2.10. The zero-order chi connectivity index (χ0) is 13.0. The molecular formula is C13H16ClN3O2. The predicted molar refractivity (Wildman–Crippen MR) is 73.1 cm³/mol. The lowest BCUT2D eigenvalue weighted by Crippen LogP contribution is -2.54. The summed E-state index contributed by atoms with van der Waals surface area (Å²) in [5.74, 6) is -0.796. The first-order chi connectivity index (χ1) is 8.70. The maximum atomic E-state index is 11.1. The van der Waals surface area contributed by atoms with Crippen molar-refractivity contribution in [2.75, 3.05) is 19.6 Å². The van der Waals surface area contributed by atoms with E-state index in [9.17, 15) is 4.79 Å². The number of rotatable bonds is 3. The summed E-state index contributed by atoms with van der Waals surface area (Å²) in [6.07, 6.45) is 0. The van der Waals surface area contributed by atoms with Crippen molar-refractivity contribution in [3.63, 3.8) is 0 Å². The second-order valence-electron chi connectivity index (χ2n) is 4.34. The molecule has 0 radical (unpaired) electrons. The molecule has 1 aromatic carbocycles. The largest absolute Gasteiger partial charge is 0.480 e. The number of nitriles is 1. The molecule has 0 aromatic heterocycles. The Kier molecular flexibility index (Phi) is 5.77. The minimum absolute atomic E-state index is 0. The van der Waals surface area contributed by atoms with Gasteiger partial charge in [-0.1, -0.05) is 12.1 Å². The molecular weight excluding hydrogens is 266 g/mol. The number of nitrogens with zero attached hydrogens (tertiary/aromatic N) is 2. The third-order valence-electron chi connectivity index (χ3n) is 3.11. The second kappa shape index (κ2) is 7.10. The molecule has 1 atom stereocenters. The van der Waals surface area contributed by atoms with Gasteiger partial charge in [-0.15, -0.1) is 12.4 Å². The van der Waals surface area contributed by atoms with E-state index < -0.39 is 12.0 Å². The monoisotopic (exact) mass is 281 g/mol. The molecule has 5 nitrogen and oxygen atoms in total. The van der Waals surface area contributed by atoms with Crippen LogP contribution in [0.4, 0.5) is 0 Å². The molecule has 1 heterocycles. The van der Waals surface area contributed by atoms with Gasteiger partial charge in [0, 0.05) is 26.2 Å². The first-order valence-corrected chi connectivity index (χ1v) is 5.87. The average Bonchev–Trinajstić information content (AvgIpc) is 2.40. The van der Waals surface area contributed by atoms with Gasteiger partial charge >= 0.3 is 5.97 Å². The highest BCUT2D eigenvalue weighted by Gasteiger charge is 2.27. The Hall–Kier alpha value is -1.61. The van der Waals surface area contributed by atoms with Gasteiger partial charge in [-0.2, -0.15) is 5.26 Å². The molecule has 2 rings (SSSR count). The van der Waals surface area contributed by atoms with Crippen molar-refractivity contribution in [3.8, 4) is 6.07 Å². The van der Waals surface area contributed by atoms with Crippen LogP contribution in [0.5, 0.6) is 0 Å². The van der Waals surface area contributed by atoms with E-state index in [4.69, 9.17) is 10.4 Å². The first kappa shape index (κ1) is 15.4. The molecule has 0 bridgehead atoms. The number of carbonyl (C=O) groups is 1. The molecule has 1 saturated heterocycles. The van der Waals surface area contributed by atoms with Crippen LogP contribution in [-0.2, 0) is 11.3 Å². The Morgan fingerprint density at radius 1 is 1.47 bits per heavy atom. The highest BCUT2D eigenvalue weighted by Crippen LogP contribution is 2.11. The molecule has 1 fully saturated rings. The van der Waals surface area contributed by atoms with Crippen LogP contribution in [0.25, 0.3) is 0 Å². The lowest BCUT2D eigenvalue weighted by atomic mass is 10.1. The molecule has 0 amide bonds. The minimum Gasteiger partial charge on any atom is -0.480 e. The lowest BCUT2D eigenvalue weighted by Gasteiger charge is -2.33. The normalized spacial score (nSPS) is 19.2. The van der Waals surface area contributed by atoms with Crippen LogP contribution in [0.2, 0.25) is 0 Å². The van der Waals surface area contributed by atoms with E-state index in [0.717, 1.165) is 18.7 Å². The van der Waals surface area contributed by atoms with E-state index >= 15 is 0 Å². The summed E-state index contributed by atoms with van der Waals surface area (Å²) in [7, 11) is 0. The average molecular weight is 282 g/mol. The predicted octanol–water partition coefficient (Wildman–Crippen LogP) is 0.838. The summed E-state index contributed by atoms with van der Waals surface area (Å²) in [5.41, 5.74) is 1.65. The van der Waals surface area contributed by atoms with Gasteiger partial charge in [-0.25, -0.2) is 0 Å². The molecule has 1 aliphatic heterocycles. The number of aliphatic carboxylic acids is 1. The van der Waals surface area contributed by atoms with Crippen LogP contribution in [-0.4, -0.2) is 41.7 Å². The van der Waals surface area contributed by atoms with E-state index in [0.29, 0.717) is 18.7 Å². The van der Waals surface area contributed by atoms with Gasteiger partial charge < -0.3 is 10.4 Å². The smallest absolute Gasteiger partial charge is 0.322 e. The van der Waals surface area contributed by atoms with Crippen LogP contribution < -0.4 is 5.32 Å². The van der Waals surface area contributed by atoms with Gasteiger partial charge in [0.05, 0.1) is 11.6 Å². The Balaban J connectivity index is 0.00000180. The molecule has 102 valence electrons. The first-order valence-electron chi connectivity index (χ1n) is 5.87. The van der Waals surface area contributed by atoms with Crippen LogP contribution >= 0.6 is 12.4 Å². The summed E-state index contributed by atoms with van der Waals surface area (Å²) in [4.78, 5) is 13.1. The second-order valence-corrected chi connectivity index (χ2v) is 4.34. The van der Waals surface area contributed by atoms with Gasteiger partial charge in [0.15, 0.2) is 0 Å². The number of hydrogen-bond donors (Lipinski definition) is 2. The quantitative estimate of drug-likeness (QED) is 0.859. The number of benzene rings is 1. The maximum Gasteiger partial charge on any atom is 0.322 e. The number of hydrogen-bond acceptors (Lipinski definition) is 4. The molecule has 1 aromatic rings. The Bertz CT molecular complexity index is 470. The van der Waals surface area contributed by atoms with Crippen molar-refractivity contribution in [1.82, 2.24) is 10.2 Å². The standard InChI is InChI=1S/C13H15N3O2.ClH/c14-7-10-1-3-11(4-2-10)9-16-6-5-15-8-12(16)13(17)18;/h1-4,12,15H,5-6,8-9H2,(H,17,18);1H. The van der Waals surface area contributed by atoms with Crippen LogP contribution in [0.1, 0.15) is 11.1 Å². The van der Waals surface area contributed by atoms with E-state index in [1.54, 1.807) is 12.1 Å². The summed E-state index contributed by atoms with van der Waals surface area (Å²) in [6, 6.07) is 8.85. The van der Waals surface area contributed by atoms with Crippen LogP contribution in [0.3, 0.4) is 0 Å². The molecule has 0 aliphatic carbocycles. The topological polar surface area (TPSA) is 76.4 Å².